The van der Waals surface area contributed by atoms with Gasteiger partial charge in [-0.25, -0.2) is 0 Å². The first-order valence-electron chi connectivity index (χ1n) is 9.44. The van der Waals surface area contributed by atoms with Gasteiger partial charge >= 0.3 is 0 Å². The van der Waals surface area contributed by atoms with Crippen LogP contribution in [0.15, 0.2) is 29.3 Å². The van der Waals surface area contributed by atoms with Crippen LogP contribution in [0, 0.1) is 5.92 Å². The summed E-state index contributed by atoms with van der Waals surface area (Å²) < 4.78 is 0. The van der Waals surface area contributed by atoms with Gasteiger partial charge in [0.1, 0.15) is 0 Å². The monoisotopic (exact) mass is 472 g/mol. The summed E-state index contributed by atoms with van der Waals surface area (Å²) in [5.74, 6) is 1.68. The van der Waals surface area contributed by atoms with Gasteiger partial charge < -0.3 is 16.0 Å². The van der Waals surface area contributed by atoms with Gasteiger partial charge in [0, 0.05) is 32.2 Å². The molecule has 26 heavy (non-hydrogen) atoms. The SMILES string of the molecule is CCC1CCCC(NC(=NC)NCCc2cccc(C(=O)NC)c2)C1.I. The molecule has 1 amide bonds. The van der Waals surface area contributed by atoms with E-state index in [4.69, 9.17) is 0 Å². The maximum Gasteiger partial charge on any atom is 0.251 e. The van der Waals surface area contributed by atoms with Crippen molar-refractivity contribution in [2.75, 3.05) is 20.6 Å². The van der Waals surface area contributed by atoms with Crippen LogP contribution in [0.5, 0.6) is 0 Å². The molecule has 1 aromatic carbocycles. The maximum absolute atomic E-state index is 11.7. The van der Waals surface area contributed by atoms with E-state index in [-0.39, 0.29) is 29.9 Å². The number of amides is 1. The van der Waals surface area contributed by atoms with Crippen LogP contribution in [-0.4, -0.2) is 38.5 Å². The highest BCUT2D eigenvalue weighted by Gasteiger charge is 2.21. The molecule has 0 heterocycles. The summed E-state index contributed by atoms with van der Waals surface area (Å²) in [6.07, 6.45) is 7.26. The van der Waals surface area contributed by atoms with Gasteiger partial charge in [0.05, 0.1) is 0 Å². The van der Waals surface area contributed by atoms with E-state index >= 15 is 0 Å². The Bertz CT molecular complexity index is 591. The van der Waals surface area contributed by atoms with Gasteiger partial charge in [0.2, 0.25) is 0 Å². The summed E-state index contributed by atoms with van der Waals surface area (Å²) >= 11 is 0. The Morgan fingerprint density at radius 2 is 2.12 bits per heavy atom. The van der Waals surface area contributed by atoms with E-state index in [1.54, 1.807) is 7.05 Å². The van der Waals surface area contributed by atoms with Crippen LogP contribution < -0.4 is 16.0 Å². The molecule has 1 saturated carbocycles. The lowest BCUT2D eigenvalue weighted by Crippen LogP contribution is -2.45. The third-order valence-electron chi connectivity index (χ3n) is 5.05. The fourth-order valence-corrected chi connectivity index (χ4v) is 3.52. The van der Waals surface area contributed by atoms with Gasteiger partial charge in [-0.15, -0.1) is 24.0 Å². The Morgan fingerprint density at radius 1 is 1.31 bits per heavy atom. The van der Waals surface area contributed by atoms with Crippen molar-refractivity contribution < 1.29 is 4.79 Å². The first-order valence-corrected chi connectivity index (χ1v) is 9.44. The lowest BCUT2D eigenvalue weighted by Gasteiger charge is -2.30. The van der Waals surface area contributed by atoms with E-state index in [1.165, 1.54) is 32.1 Å². The average Bonchev–Trinajstić information content (AvgIpc) is 2.66. The second kappa shape index (κ2) is 12.1. The van der Waals surface area contributed by atoms with Crippen molar-refractivity contribution in [2.24, 2.45) is 10.9 Å². The Balaban J connectivity index is 0.00000338. The molecule has 1 fully saturated rings. The number of hydrogen-bond donors (Lipinski definition) is 3. The summed E-state index contributed by atoms with van der Waals surface area (Å²) in [5, 5.41) is 9.63. The molecule has 2 rings (SSSR count). The number of nitrogens with zero attached hydrogens (tertiary/aromatic N) is 1. The topological polar surface area (TPSA) is 65.5 Å². The average molecular weight is 472 g/mol. The van der Waals surface area contributed by atoms with E-state index in [2.05, 4.69) is 33.9 Å². The smallest absolute Gasteiger partial charge is 0.251 e. The Morgan fingerprint density at radius 3 is 2.81 bits per heavy atom. The second-order valence-electron chi connectivity index (χ2n) is 6.81. The molecule has 146 valence electrons. The fraction of sp³-hybridized carbons (Fsp3) is 0.600. The van der Waals surface area contributed by atoms with Gasteiger partial charge in [-0.05, 0) is 42.9 Å². The summed E-state index contributed by atoms with van der Waals surface area (Å²) in [6.45, 7) is 3.08. The molecule has 0 aliphatic heterocycles. The van der Waals surface area contributed by atoms with Gasteiger partial charge in [-0.2, -0.15) is 0 Å². The molecule has 2 atom stereocenters. The van der Waals surface area contributed by atoms with Crippen molar-refractivity contribution in [3.63, 3.8) is 0 Å². The van der Waals surface area contributed by atoms with Crippen molar-refractivity contribution in [3.05, 3.63) is 35.4 Å². The summed E-state index contributed by atoms with van der Waals surface area (Å²) in [4.78, 5) is 16.1. The predicted molar refractivity (Wildman–Crippen MR) is 119 cm³/mol. The minimum absolute atomic E-state index is 0. The summed E-state index contributed by atoms with van der Waals surface area (Å²) in [6, 6.07) is 8.30. The van der Waals surface area contributed by atoms with E-state index in [9.17, 15) is 4.79 Å². The Hall–Kier alpha value is -1.31. The number of carbonyl (C=O) groups excluding carboxylic acids is 1. The zero-order valence-electron chi connectivity index (χ0n) is 16.2. The molecular formula is C20H33IN4O. The predicted octanol–water partition coefficient (Wildman–Crippen LogP) is 3.34. The first kappa shape index (κ1) is 22.7. The van der Waals surface area contributed by atoms with E-state index in [0.29, 0.717) is 11.6 Å². The van der Waals surface area contributed by atoms with E-state index < -0.39 is 0 Å². The zero-order valence-corrected chi connectivity index (χ0v) is 18.5. The molecule has 0 bridgehead atoms. The highest BCUT2D eigenvalue weighted by molar-refractivity contribution is 14.0. The quantitative estimate of drug-likeness (QED) is 0.338. The minimum atomic E-state index is -0.0462. The third kappa shape index (κ3) is 7.13. The van der Waals surface area contributed by atoms with Gasteiger partial charge in [-0.3, -0.25) is 9.79 Å². The van der Waals surface area contributed by atoms with Crippen LogP contribution in [0.3, 0.4) is 0 Å². The lowest BCUT2D eigenvalue weighted by molar-refractivity contribution is 0.0963. The molecule has 0 saturated heterocycles. The number of carbonyl (C=O) groups is 1. The number of nitrogens with one attached hydrogen (secondary N) is 3. The number of hydrogen-bond acceptors (Lipinski definition) is 2. The van der Waals surface area contributed by atoms with Gasteiger partial charge in [0.25, 0.3) is 5.91 Å². The summed E-state index contributed by atoms with van der Waals surface area (Å²) in [5.41, 5.74) is 1.85. The number of aliphatic imine (C=N–C) groups is 1. The maximum atomic E-state index is 11.7. The molecular weight excluding hydrogens is 439 g/mol. The first-order chi connectivity index (χ1) is 12.2. The second-order valence-corrected chi connectivity index (χ2v) is 6.81. The van der Waals surface area contributed by atoms with Gasteiger partial charge in [0.15, 0.2) is 5.96 Å². The van der Waals surface area contributed by atoms with Crippen LogP contribution in [0.4, 0.5) is 0 Å². The third-order valence-corrected chi connectivity index (χ3v) is 5.05. The fourth-order valence-electron chi connectivity index (χ4n) is 3.52. The van der Waals surface area contributed by atoms with Crippen LogP contribution in [0.2, 0.25) is 0 Å². The largest absolute Gasteiger partial charge is 0.356 e. The van der Waals surface area contributed by atoms with Crippen molar-refractivity contribution >= 4 is 35.8 Å². The van der Waals surface area contributed by atoms with E-state index in [0.717, 1.165) is 30.4 Å². The van der Waals surface area contributed by atoms with Crippen molar-refractivity contribution in [2.45, 2.75) is 51.5 Å². The van der Waals surface area contributed by atoms with Crippen LogP contribution in [0.1, 0.15) is 54.9 Å². The molecule has 1 aromatic rings. The number of guanidine groups is 1. The lowest BCUT2D eigenvalue weighted by atomic mass is 9.84. The standard InChI is InChI=1S/C20H32N4O.HI/c1-4-15-7-6-10-18(14-15)24-20(22-3)23-12-11-16-8-5-9-17(13-16)19(25)21-2;/h5,8-9,13,15,18H,4,6-7,10-12,14H2,1-3H3,(H,21,25)(H2,22,23,24);1H. The molecule has 1 aliphatic rings. The summed E-state index contributed by atoms with van der Waals surface area (Å²) in [7, 11) is 3.47. The Labute approximate surface area is 174 Å². The van der Waals surface area contributed by atoms with Crippen LogP contribution >= 0.6 is 24.0 Å². The molecule has 0 aromatic heterocycles. The van der Waals surface area contributed by atoms with Crippen molar-refractivity contribution in [3.8, 4) is 0 Å². The Kier molecular flexibility index (Phi) is 10.6. The molecule has 0 spiro atoms. The highest BCUT2D eigenvalue weighted by atomic mass is 127. The highest BCUT2D eigenvalue weighted by Crippen LogP contribution is 2.26. The molecule has 1 aliphatic carbocycles. The molecule has 6 heteroatoms. The molecule has 5 nitrogen and oxygen atoms in total. The van der Waals surface area contributed by atoms with Crippen LogP contribution in [-0.2, 0) is 6.42 Å². The minimum Gasteiger partial charge on any atom is -0.356 e. The van der Waals surface area contributed by atoms with Crippen LogP contribution in [0.25, 0.3) is 0 Å². The zero-order chi connectivity index (χ0) is 18.1. The van der Waals surface area contributed by atoms with Crippen molar-refractivity contribution in [1.29, 1.82) is 0 Å². The molecule has 0 radical (unpaired) electrons. The molecule has 2 unspecified atom stereocenters. The normalized spacial score (nSPS) is 20.0. The van der Waals surface area contributed by atoms with E-state index in [1.807, 2.05) is 25.2 Å². The number of benzene rings is 1. The van der Waals surface area contributed by atoms with Crippen molar-refractivity contribution in [1.82, 2.24) is 16.0 Å². The molecule has 3 N–H and O–H groups in total. The van der Waals surface area contributed by atoms with Gasteiger partial charge in [-0.1, -0.05) is 38.3 Å². The number of halogens is 1. The number of rotatable bonds is 6.